The molecule has 0 fully saturated rings. The molecule has 0 aliphatic carbocycles. The fourth-order valence-electron chi connectivity index (χ4n) is 0.0781. The Hall–Kier alpha value is -0.0900. The fourth-order valence-corrected chi connectivity index (χ4v) is 0.234. The van der Waals surface area contributed by atoms with Crippen molar-refractivity contribution in [1.82, 2.24) is 0 Å². The lowest BCUT2D eigenvalue weighted by atomic mass is 10.9. The molecule has 0 aromatic rings. The Kier molecular flexibility index (Phi) is 4.84. The van der Waals surface area contributed by atoms with Crippen LogP contribution in [0.25, 0.3) is 0 Å². The van der Waals surface area contributed by atoms with Crippen LogP contribution in [-0.4, -0.2) is 17.5 Å². The van der Waals surface area contributed by atoms with E-state index in [2.05, 4.69) is 4.58 Å². The lowest BCUT2D eigenvalue weighted by molar-refractivity contribution is 0.322. The van der Waals surface area contributed by atoms with Crippen LogP contribution in [-0.2, 0) is 0 Å². The van der Waals surface area contributed by atoms with Crippen LogP contribution >= 0.6 is 11.9 Å². The standard InChI is InChI=1S/C2H5NO2S/c4-1-2-6-3-5/h4H,1-2H2/i3+1. The van der Waals surface area contributed by atoms with Crippen molar-refractivity contribution in [3.8, 4) is 0 Å². The second-order valence-corrected chi connectivity index (χ2v) is 1.45. The van der Waals surface area contributed by atoms with Gasteiger partial charge in [0.1, 0.15) is 0 Å². The average molecular weight is 108 g/mol. The second-order valence-electron chi connectivity index (χ2n) is 0.631. The van der Waals surface area contributed by atoms with E-state index < -0.39 is 0 Å². The first-order chi connectivity index (χ1) is 2.91. The Balaban J connectivity index is 2.49. The zero-order chi connectivity index (χ0) is 4.83. The zero-order valence-corrected chi connectivity index (χ0v) is 3.94. The molecule has 0 amide bonds. The van der Waals surface area contributed by atoms with Crippen molar-refractivity contribution >= 4 is 11.9 Å². The predicted octanol–water partition coefficient (Wildman–Crippen LogP) is 0.393. The molecule has 0 atom stereocenters. The summed E-state index contributed by atoms with van der Waals surface area (Å²) in [7, 11) is 0. The summed E-state index contributed by atoms with van der Waals surface area (Å²) in [6, 6.07) is 0. The molecule has 0 aromatic heterocycles. The fraction of sp³-hybridized carbons (Fsp3) is 1.00. The van der Waals surface area contributed by atoms with Gasteiger partial charge in [-0.15, -0.1) is 4.91 Å². The Bertz CT molecular complexity index is 40.5. The summed E-state index contributed by atoms with van der Waals surface area (Å²) in [4.78, 5) is 9.17. The van der Waals surface area contributed by atoms with Gasteiger partial charge in [-0.05, 0) is 0 Å². The highest BCUT2D eigenvalue weighted by Crippen LogP contribution is 1.95. The van der Waals surface area contributed by atoms with Crippen molar-refractivity contribution in [2.24, 2.45) is 4.58 Å². The molecule has 0 saturated carbocycles. The van der Waals surface area contributed by atoms with Gasteiger partial charge in [0.2, 0.25) is 0 Å². The van der Waals surface area contributed by atoms with Gasteiger partial charge in [0.15, 0.2) is 0 Å². The highest BCUT2D eigenvalue weighted by molar-refractivity contribution is 7.97. The third kappa shape index (κ3) is 3.91. The normalized spacial score (nSPS) is 8.17. The number of hydrogen-bond acceptors (Lipinski definition) is 4. The predicted molar refractivity (Wildman–Crippen MR) is 25.3 cm³/mol. The minimum absolute atomic E-state index is 0.0242. The Morgan fingerprint density at radius 2 is 2.50 bits per heavy atom. The minimum Gasteiger partial charge on any atom is -0.395 e. The third-order valence-corrected chi connectivity index (χ3v) is 0.706. The number of aliphatic hydroxyl groups is 1. The van der Waals surface area contributed by atoms with E-state index >= 15 is 0 Å². The molecule has 0 unspecified atom stereocenters. The average Bonchev–Trinajstić information content (AvgIpc) is 1.61. The maximum Gasteiger partial charge on any atom is 0.0541 e. The van der Waals surface area contributed by atoms with Crippen molar-refractivity contribution in [2.75, 3.05) is 12.4 Å². The molecule has 0 rings (SSSR count). The molecular formula is C2H5NO2S. The number of aliphatic hydroxyl groups excluding tert-OH is 1. The second kappa shape index (κ2) is 4.91. The van der Waals surface area contributed by atoms with Crippen molar-refractivity contribution in [1.29, 1.82) is 0 Å². The highest BCUT2D eigenvalue weighted by atomic mass is 32.2. The third-order valence-electron chi connectivity index (χ3n) is 0.235. The van der Waals surface area contributed by atoms with E-state index in [1.54, 1.807) is 0 Å². The molecule has 0 aliphatic rings. The van der Waals surface area contributed by atoms with Crippen LogP contribution in [0.4, 0.5) is 0 Å². The van der Waals surface area contributed by atoms with Crippen molar-refractivity contribution in [3.05, 3.63) is 4.91 Å². The topological polar surface area (TPSA) is 49.7 Å². The molecule has 0 spiro atoms. The van der Waals surface area contributed by atoms with Crippen molar-refractivity contribution in [3.63, 3.8) is 0 Å². The molecule has 0 aromatic carbocycles. The lowest BCUT2D eigenvalue weighted by Crippen LogP contribution is -1.80. The van der Waals surface area contributed by atoms with Gasteiger partial charge in [-0.1, -0.05) is 0 Å². The molecule has 4 heteroatoms. The van der Waals surface area contributed by atoms with E-state index in [0.717, 1.165) is 11.9 Å². The summed E-state index contributed by atoms with van der Waals surface area (Å²) in [6.45, 7) is 0.0242. The summed E-state index contributed by atoms with van der Waals surface area (Å²) in [5, 5.41) is 7.98. The number of rotatable bonds is 3. The van der Waals surface area contributed by atoms with Crippen LogP contribution in [0, 0.1) is 4.91 Å². The van der Waals surface area contributed by atoms with Gasteiger partial charge in [-0.3, -0.25) is 0 Å². The number of hydrogen-bond donors (Lipinski definition) is 1. The van der Waals surface area contributed by atoms with Crippen molar-refractivity contribution in [2.45, 2.75) is 0 Å². The van der Waals surface area contributed by atoms with Crippen LogP contribution < -0.4 is 0 Å². The van der Waals surface area contributed by atoms with Gasteiger partial charge in [0.05, 0.1) is 6.61 Å². The maximum atomic E-state index is 9.17. The quantitative estimate of drug-likeness (QED) is 0.246. The van der Waals surface area contributed by atoms with E-state index in [4.69, 9.17) is 10.0 Å². The van der Waals surface area contributed by atoms with Crippen LogP contribution in [0.3, 0.4) is 0 Å². The molecule has 0 saturated heterocycles. The lowest BCUT2D eigenvalue weighted by Gasteiger charge is -1.77. The van der Waals surface area contributed by atoms with Gasteiger partial charge in [0.25, 0.3) is 0 Å². The van der Waals surface area contributed by atoms with Gasteiger partial charge < -0.3 is 5.11 Å². The van der Waals surface area contributed by atoms with Gasteiger partial charge in [0, 0.05) is 22.3 Å². The van der Waals surface area contributed by atoms with Crippen LogP contribution in [0.2, 0.25) is 0 Å². The summed E-state index contributed by atoms with van der Waals surface area (Å²) >= 11 is 0.828. The van der Waals surface area contributed by atoms with Crippen LogP contribution in [0.1, 0.15) is 0 Å². The highest BCUT2D eigenvalue weighted by Gasteiger charge is 1.77. The molecule has 0 radical (unpaired) electrons. The molecule has 6 heavy (non-hydrogen) atoms. The molecule has 0 heterocycles. The van der Waals surface area contributed by atoms with Crippen LogP contribution in [0.5, 0.6) is 0 Å². The molecular weight excluding hydrogens is 103 g/mol. The van der Waals surface area contributed by atoms with E-state index in [1.807, 2.05) is 0 Å². The molecule has 1 N–H and O–H groups in total. The smallest absolute Gasteiger partial charge is 0.0541 e. The maximum absolute atomic E-state index is 9.17. The molecule has 3 nitrogen and oxygen atoms in total. The first kappa shape index (κ1) is 5.91. The van der Waals surface area contributed by atoms with Crippen molar-refractivity contribution < 1.29 is 5.11 Å². The Morgan fingerprint density at radius 1 is 1.83 bits per heavy atom. The van der Waals surface area contributed by atoms with E-state index in [-0.39, 0.29) is 6.61 Å². The van der Waals surface area contributed by atoms with E-state index in [1.165, 1.54) is 0 Å². The van der Waals surface area contributed by atoms with Gasteiger partial charge >= 0.3 is 0 Å². The largest absolute Gasteiger partial charge is 0.395 e. The summed E-state index contributed by atoms with van der Waals surface area (Å²) < 4.78 is 2.43. The van der Waals surface area contributed by atoms with Crippen LogP contribution in [0.15, 0.2) is 4.58 Å². The monoisotopic (exact) mass is 108 g/mol. The number of nitrogens with zero attached hydrogens (tertiary/aromatic N) is 1. The van der Waals surface area contributed by atoms with Gasteiger partial charge in [-0.2, -0.15) is 0 Å². The van der Waals surface area contributed by atoms with E-state index in [9.17, 15) is 0 Å². The minimum atomic E-state index is 0.0242. The number of nitroso groups, excluding NO2 is 1. The summed E-state index contributed by atoms with van der Waals surface area (Å²) in [5.41, 5.74) is 0. The Labute approximate surface area is 39.9 Å². The van der Waals surface area contributed by atoms with Gasteiger partial charge in [-0.25, -0.2) is 0 Å². The molecule has 36 valence electrons. The SMILES string of the molecule is O=[15N]SCCO. The summed E-state index contributed by atoms with van der Waals surface area (Å²) in [5.74, 6) is 0.406. The Morgan fingerprint density at radius 3 is 2.67 bits per heavy atom. The van der Waals surface area contributed by atoms with E-state index in [0.29, 0.717) is 5.75 Å². The first-order valence-electron chi connectivity index (χ1n) is 1.47. The summed E-state index contributed by atoms with van der Waals surface area (Å²) in [6.07, 6.45) is 0. The first-order valence-corrected chi connectivity index (χ1v) is 2.41. The zero-order valence-electron chi connectivity index (χ0n) is 3.13. The molecule has 0 bridgehead atoms. The molecule has 0 aliphatic heterocycles.